The molecular formula is C20H26Br2O2. The molecule has 0 radical (unpaired) electrons. The molecule has 0 amide bonds. The van der Waals surface area contributed by atoms with Crippen LogP contribution in [0.3, 0.4) is 0 Å². The van der Waals surface area contributed by atoms with E-state index in [0.717, 1.165) is 52.2 Å². The summed E-state index contributed by atoms with van der Waals surface area (Å²) in [6, 6.07) is 0. The van der Waals surface area contributed by atoms with Gasteiger partial charge < -0.3 is 9.84 Å². The third-order valence-electron chi connectivity index (χ3n) is 4.61. The summed E-state index contributed by atoms with van der Waals surface area (Å²) < 4.78 is 7.46. The molecule has 24 heavy (non-hydrogen) atoms. The molecule has 2 nitrogen and oxygen atoms in total. The number of rotatable bonds is 7. The van der Waals surface area contributed by atoms with Gasteiger partial charge in [0, 0.05) is 11.5 Å². The normalized spacial score (nSPS) is 17.5. The summed E-state index contributed by atoms with van der Waals surface area (Å²) in [5, 5.41) is 10.9. The van der Waals surface area contributed by atoms with Gasteiger partial charge in [0.1, 0.15) is 11.5 Å². The number of allylic oxidation sites excluding steroid dienone is 2. The van der Waals surface area contributed by atoms with Gasteiger partial charge in [-0.3, -0.25) is 0 Å². The third kappa shape index (κ3) is 4.26. The molecule has 0 bridgehead atoms. The highest BCUT2D eigenvalue weighted by Gasteiger charge is 2.27. The minimum Gasteiger partial charge on any atom is -0.506 e. The van der Waals surface area contributed by atoms with E-state index in [-0.39, 0.29) is 5.92 Å². The van der Waals surface area contributed by atoms with Crippen LogP contribution in [0.25, 0.3) is 0 Å². The van der Waals surface area contributed by atoms with Crippen LogP contribution in [0.15, 0.2) is 33.4 Å². The summed E-state index contributed by atoms with van der Waals surface area (Å²) in [5.41, 5.74) is 3.29. The van der Waals surface area contributed by atoms with Crippen molar-refractivity contribution in [3.63, 3.8) is 0 Å². The summed E-state index contributed by atoms with van der Waals surface area (Å²) in [5.74, 6) is 1.18. The summed E-state index contributed by atoms with van der Waals surface area (Å²) in [6.45, 7) is 8.05. The SMILES string of the molecule is C=COc1c(Br)c(CCCCC)c(Br)c(O)c1C1C=C(C)CCC1. The summed E-state index contributed by atoms with van der Waals surface area (Å²) in [7, 11) is 0. The van der Waals surface area contributed by atoms with Crippen molar-refractivity contribution in [3.05, 3.63) is 44.6 Å². The van der Waals surface area contributed by atoms with E-state index < -0.39 is 0 Å². The molecule has 1 aliphatic carbocycles. The lowest BCUT2D eigenvalue weighted by atomic mass is 9.84. The minimum absolute atomic E-state index is 0.172. The molecule has 0 aliphatic heterocycles. The highest BCUT2D eigenvalue weighted by Crippen LogP contribution is 2.50. The Kier molecular flexibility index (Phi) is 7.42. The number of halogens is 2. The number of ether oxygens (including phenoxy) is 1. The van der Waals surface area contributed by atoms with E-state index in [1.54, 1.807) is 0 Å². The van der Waals surface area contributed by atoms with E-state index in [0.29, 0.717) is 11.5 Å². The zero-order chi connectivity index (χ0) is 17.7. The topological polar surface area (TPSA) is 29.5 Å². The van der Waals surface area contributed by atoms with Crippen LogP contribution >= 0.6 is 31.9 Å². The molecule has 0 saturated heterocycles. The van der Waals surface area contributed by atoms with Gasteiger partial charge in [-0.25, -0.2) is 0 Å². The second-order valence-electron chi connectivity index (χ2n) is 6.45. The molecule has 0 spiro atoms. The second kappa shape index (κ2) is 9.10. The van der Waals surface area contributed by atoms with E-state index in [1.165, 1.54) is 24.7 Å². The van der Waals surface area contributed by atoms with Gasteiger partial charge in [0.05, 0.1) is 15.2 Å². The number of hydrogen-bond acceptors (Lipinski definition) is 2. The second-order valence-corrected chi connectivity index (χ2v) is 8.04. The van der Waals surface area contributed by atoms with Gasteiger partial charge in [0.15, 0.2) is 0 Å². The fraction of sp³-hybridized carbons (Fsp3) is 0.500. The number of aromatic hydroxyl groups is 1. The monoisotopic (exact) mass is 456 g/mol. The van der Waals surface area contributed by atoms with Crippen molar-refractivity contribution >= 4 is 31.9 Å². The van der Waals surface area contributed by atoms with Gasteiger partial charge in [-0.05, 0) is 76.5 Å². The zero-order valence-electron chi connectivity index (χ0n) is 14.5. The molecule has 1 aliphatic rings. The Hall–Kier alpha value is -0.740. The first-order valence-electron chi connectivity index (χ1n) is 8.68. The Balaban J connectivity index is 2.54. The van der Waals surface area contributed by atoms with E-state index in [2.05, 4.69) is 58.4 Å². The molecule has 1 N–H and O–H groups in total. The average Bonchev–Trinajstić information content (AvgIpc) is 2.56. The van der Waals surface area contributed by atoms with Gasteiger partial charge >= 0.3 is 0 Å². The van der Waals surface area contributed by atoms with Crippen LogP contribution in [0.5, 0.6) is 11.5 Å². The molecule has 0 heterocycles. The van der Waals surface area contributed by atoms with Crippen LogP contribution < -0.4 is 4.74 Å². The van der Waals surface area contributed by atoms with Crippen molar-refractivity contribution in [2.24, 2.45) is 0 Å². The Labute approximate surface area is 162 Å². The highest BCUT2D eigenvalue weighted by atomic mass is 79.9. The maximum atomic E-state index is 10.9. The zero-order valence-corrected chi connectivity index (χ0v) is 17.7. The maximum absolute atomic E-state index is 10.9. The molecule has 1 unspecified atom stereocenters. The van der Waals surface area contributed by atoms with Gasteiger partial charge in [-0.2, -0.15) is 0 Å². The highest BCUT2D eigenvalue weighted by molar-refractivity contribution is 9.11. The fourth-order valence-electron chi connectivity index (χ4n) is 3.37. The number of hydrogen-bond donors (Lipinski definition) is 1. The van der Waals surface area contributed by atoms with Crippen LogP contribution in [0.2, 0.25) is 0 Å². The van der Waals surface area contributed by atoms with Crippen LogP contribution in [0.1, 0.15) is 69.4 Å². The van der Waals surface area contributed by atoms with E-state index in [4.69, 9.17) is 4.74 Å². The minimum atomic E-state index is 0.172. The fourth-order valence-corrected chi connectivity index (χ4v) is 4.95. The number of unbranched alkanes of at least 4 members (excludes halogenated alkanes) is 2. The van der Waals surface area contributed by atoms with Crippen LogP contribution in [0, 0.1) is 0 Å². The van der Waals surface area contributed by atoms with E-state index >= 15 is 0 Å². The summed E-state index contributed by atoms with van der Waals surface area (Å²) in [6.07, 6.45) is 11.3. The first-order chi connectivity index (χ1) is 11.5. The Morgan fingerprint density at radius 2 is 2.08 bits per heavy atom. The smallest absolute Gasteiger partial charge is 0.148 e. The lowest BCUT2D eigenvalue weighted by Crippen LogP contribution is -2.07. The maximum Gasteiger partial charge on any atom is 0.148 e. The summed E-state index contributed by atoms with van der Waals surface area (Å²) in [4.78, 5) is 0. The van der Waals surface area contributed by atoms with E-state index in [1.807, 2.05) is 0 Å². The van der Waals surface area contributed by atoms with Crippen molar-refractivity contribution in [1.29, 1.82) is 0 Å². The number of phenolic OH excluding ortho intramolecular Hbond substituents is 1. The number of phenols is 1. The molecule has 1 aromatic carbocycles. The standard InChI is InChI=1S/C20H26Br2O2/c1-4-6-7-11-15-17(21)19(23)16(20(18(15)22)24-5-2)14-10-8-9-13(3)12-14/h5,12,14,23H,2,4,6-11H2,1,3H3. The molecule has 2 rings (SSSR count). The molecule has 132 valence electrons. The number of benzene rings is 1. The van der Waals surface area contributed by atoms with Crippen molar-refractivity contribution in [2.75, 3.05) is 0 Å². The van der Waals surface area contributed by atoms with Crippen molar-refractivity contribution in [3.8, 4) is 11.5 Å². The van der Waals surface area contributed by atoms with Crippen molar-refractivity contribution < 1.29 is 9.84 Å². The predicted octanol–water partition coefficient (Wildman–Crippen LogP) is 7.39. The Bertz CT molecular complexity index is 635. The van der Waals surface area contributed by atoms with Gasteiger partial charge in [-0.15, -0.1) is 0 Å². The van der Waals surface area contributed by atoms with Gasteiger partial charge in [0.25, 0.3) is 0 Å². The molecule has 0 fully saturated rings. The van der Waals surface area contributed by atoms with Crippen LogP contribution in [-0.2, 0) is 6.42 Å². The molecule has 1 atom stereocenters. The van der Waals surface area contributed by atoms with Crippen molar-refractivity contribution in [1.82, 2.24) is 0 Å². The molecular weight excluding hydrogens is 432 g/mol. The molecule has 4 heteroatoms. The summed E-state index contributed by atoms with van der Waals surface area (Å²) >= 11 is 7.34. The van der Waals surface area contributed by atoms with Gasteiger partial charge in [0.2, 0.25) is 0 Å². The predicted molar refractivity (Wildman–Crippen MR) is 108 cm³/mol. The molecule has 0 aromatic heterocycles. The van der Waals surface area contributed by atoms with Crippen LogP contribution in [-0.4, -0.2) is 5.11 Å². The van der Waals surface area contributed by atoms with E-state index in [9.17, 15) is 5.11 Å². The first-order valence-corrected chi connectivity index (χ1v) is 10.3. The third-order valence-corrected chi connectivity index (χ3v) is 6.30. The first kappa shape index (κ1) is 19.6. The Morgan fingerprint density at radius 1 is 1.33 bits per heavy atom. The average molecular weight is 458 g/mol. The largest absolute Gasteiger partial charge is 0.506 e. The van der Waals surface area contributed by atoms with Gasteiger partial charge in [-0.1, -0.05) is 38.0 Å². The Morgan fingerprint density at radius 3 is 2.71 bits per heavy atom. The molecule has 1 aromatic rings. The van der Waals surface area contributed by atoms with Crippen molar-refractivity contribution in [2.45, 2.75) is 64.7 Å². The lowest BCUT2D eigenvalue weighted by molar-refractivity contribution is 0.428. The lowest BCUT2D eigenvalue weighted by Gasteiger charge is -2.25. The van der Waals surface area contributed by atoms with Crippen LogP contribution in [0.4, 0.5) is 0 Å². The quantitative estimate of drug-likeness (QED) is 0.262. The molecule has 0 saturated carbocycles.